The first-order chi connectivity index (χ1) is 12.4. The van der Waals surface area contributed by atoms with Gasteiger partial charge in [-0.15, -0.1) is 0 Å². The first-order valence-corrected chi connectivity index (χ1v) is 9.28. The summed E-state index contributed by atoms with van der Waals surface area (Å²) in [5.74, 6) is -0.130. The third kappa shape index (κ3) is 4.23. The number of hydrogen-bond donors (Lipinski definition) is 0. The zero-order valence-corrected chi connectivity index (χ0v) is 15.5. The molecule has 1 unspecified atom stereocenters. The van der Waals surface area contributed by atoms with Crippen molar-refractivity contribution in [3.63, 3.8) is 0 Å². The van der Waals surface area contributed by atoms with E-state index in [0.717, 1.165) is 12.0 Å². The lowest BCUT2D eigenvalue weighted by atomic mass is 9.87. The molecule has 1 atom stereocenters. The van der Waals surface area contributed by atoms with Crippen molar-refractivity contribution in [2.24, 2.45) is 5.41 Å². The van der Waals surface area contributed by atoms with Gasteiger partial charge in [0.2, 0.25) is 11.8 Å². The Kier molecular flexibility index (Phi) is 5.61. The molecule has 0 aromatic heterocycles. The van der Waals surface area contributed by atoms with Crippen LogP contribution in [0.5, 0.6) is 0 Å². The van der Waals surface area contributed by atoms with Gasteiger partial charge in [-0.2, -0.15) is 0 Å². The predicted molar refractivity (Wildman–Crippen MR) is 96.0 cm³/mol. The minimum absolute atomic E-state index is 0.0259. The van der Waals surface area contributed by atoms with Crippen molar-refractivity contribution in [3.8, 4) is 0 Å². The van der Waals surface area contributed by atoms with E-state index in [0.29, 0.717) is 39.1 Å². The molecule has 2 heterocycles. The molecule has 5 nitrogen and oxygen atoms in total. The van der Waals surface area contributed by atoms with Gasteiger partial charge in [-0.3, -0.25) is 9.59 Å². The second-order valence-corrected chi connectivity index (χ2v) is 7.80. The normalized spacial score (nSPS) is 23.8. The third-order valence-corrected chi connectivity index (χ3v) is 5.42. The Balaban J connectivity index is 1.59. The summed E-state index contributed by atoms with van der Waals surface area (Å²) in [6.07, 6.45) is 1.87. The average Bonchev–Trinajstić information content (AvgIpc) is 2.95. The second-order valence-electron chi connectivity index (χ2n) is 7.80. The summed E-state index contributed by atoms with van der Waals surface area (Å²) in [5.41, 5.74) is 0.796. The number of rotatable bonds is 4. The molecule has 0 radical (unpaired) electrons. The molecule has 0 saturated carbocycles. The lowest BCUT2D eigenvalue weighted by Gasteiger charge is -2.34. The van der Waals surface area contributed by atoms with E-state index in [1.165, 1.54) is 12.1 Å². The van der Waals surface area contributed by atoms with Crippen molar-refractivity contribution in [1.29, 1.82) is 0 Å². The van der Waals surface area contributed by atoms with Gasteiger partial charge in [0.05, 0.1) is 6.61 Å². The molecule has 1 spiro atoms. The molecule has 142 valence electrons. The number of likely N-dealkylation sites (tertiary alicyclic amines) is 1. The summed E-state index contributed by atoms with van der Waals surface area (Å²) >= 11 is 0. The molecular weight excluding hydrogens is 335 g/mol. The molecule has 2 aliphatic heterocycles. The minimum atomic E-state index is -0.265. The summed E-state index contributed by atoms with van der Waals surface area (Å²) in [4.78, 5) is 28.6. The Hall–Kier alpha value is -1.95. The molecular formula is C20H27FN2O3. The lowest BCUT2D eigenvalue weighted by molar-refractivity contribution is -0.135. The standard InChI is InChI=1S/C20H27FN2O3/c1-15(2)23-13-20(14-26-11-19(23)25)9-10-22(12-20)18(24)8-5-16-3-6-17(21)7-4-16/h3-4,6-7,15H,5,8-14H2,1-2H3. The fourth-order valence-electron chi connectivity index (χ4n) is 3.86. The minimum Gasteiger partial charge on any atom is -0.371 e. The smallest absolute Gasteiger partial charge is 0.248 e. The highest BCUT2D eigenvalue weighted by Gasteiger charge is 2.44. The SMILES string of the molecule is CC(C)N1CC2(CCN(C(=O)CCc3ccc(F)cc3)C2)COCC1=O. The molecule has 2 fully saturated rings. The number of hydrogen-bond acceptors (Lipinski definition) is 3. The second kappa shape index (κ2) is 7.74. The maximum atomic E-state index is 13.0. The molecule has 26 heavy (non-hydrogen) atoms. The molecule has 0 bridgehead atoms. The van der Waals surface area contributed by atoms with Crippen LogP contribution in [0.25, 0.3) is 0 Å². The van der Waals surface area contributed by atoms with Gasteiger partial charge in [0.15, 0.2) is 0 Å². The van der Waals surface area contributed by atoms with Crippen LogP contribution < -0.4 is 0 Å². The fraction of sp³-hybridized carbons (Fsp3) is 0.600. The number of aryl methyl sites for hydroxylation is 1. The first kappa shape index (κ1) is 18.8. The maximum Gasteiger partial charge on any atom is 0.248 e. The number of carbonyl (C=O) groups excluding carboxylic acids is 2. The van der Waals surface area contributed by atoms with Gasteiger partial charge in [-0.1, -0.05) is 12.1 Å². The Morgan fingerprint density at radius 2 is 2.00 bits per heavy atom. The van der Waals surface area contributed by atoms with Crippen molar-refractivity contribution >= 4 is 11.8 Å². The van der Waals surface area contributed by atoms with E-state index >= 15 is 0 Å². The largest absolute Gasteiger partial charge is 0.371 e. The van der Waals surface area contributed by atoms with E-state index in [-0.39, 0.29) is 35.7 Å². The van der Waals surface area contributed by atoms with Crippen LogP contribution in [-0.2, 0) is 20.7 Å². The van der Waals surface area contributed by atoms with Crippen LogP contribution in [0.3, 0.4) is 0 Å². The lowest BCUT2D eigenvalue weighted by Crippen LogP contribution is -2.46. The van der Waals surface area contributed by atoms with Crippen LogP contribution in [0.4, 0.5) is 4.39 Å². The molecule has 2 amide bonds. The number of halogens is 1. The summed E-state index contributed by atoms with van der Waals surface area (Å²) in [5, 5.41) is 0. The van der Waals surface area contributed by atoms with E-state index in [9.17, 15) is 14.0 Å². The quantitative estimate of drug-likeness (QED) is 0.825. The Bertz CT molecular complexity index is 662. The molecule has 1 aromatic rings. The summed E-state index contributed by atoms with van der Waals surface area (Å²) in [6, 6.07) is 6.42. The van der Waals surface area contributed by atoms with Crippen LogP contribution in [0, 0.1) is 11.2 Å². The number of carbonyl (C=O) groups is 2. The van der Waals surface area contributed by atoms with Crippen LogP contribution >= 0.6 is 0 Å². The topological polar surface area (TPSA) is 49.9 Å². The van der Waals surface area contributed by atoms with Gasteiger partial charge in [0, 0.05) is 37.5 Å². The van der Waals surface area contributed by atoms with Crippen LogP contribution in [-0.4, -0.2) is 60.5 Å². The van der Waals surface area contributed by atoms with Crippen molar-refractivity contribution in [2.75, 3.05) is 32.8 Å². The summed E-state index contributed by atoms with van der Waals surface area (Å²) in [7, 11) is 0. The highest BCUT2D eigenvalue weighted by molar-refractivity contribution is 5.78. The van der Waals surface area contributed by atoms with E-state index in [2.05, 4.69) is 0 Å². The Morgan fingerprint density at radius 3 is 2.69 bits per heavy atom. The van der Waals surface area contributed by atoms with Gasteiger partial charge in [0.1, 0.15) is 12.4 Å². The van der Waals surface area contributed by atoms with E-state index in [4.69, 9.17) is 4.74 Å². The Morgan fingerprint density at radius 1 is 1.27 bits per heavy atom. The average molecular weight is 362 g/mol. The third-order valence-electron chi connectivity index (χ3n) is 5.42. The van der Waals surface area contributed by atoms with Crippen LogP contribution in [0.15, 0.2) is 24.3 Å². The van der Waals surface area contributed by atoms with Gasteiger partial charge in [-0.05, 0) is 44.4 Å². The van der Waals surface area contributed by atoms with Gasteiger partial charge in [-0.25, -0.2) is 4.39 Å². The van der Waals surface area contributed by atoms with E-state index in [1.807, 2.05) is 23.6 Å². The van der Waals surface area contributed by atoms with Gasteiger partial charge in [0.25, 0.3) is 0 Å². The molecule has 1 aromatic carbocycles. The number of amides is 2. The van der Waals surface area contributed by atoms with Crippen LogP contribution in [0.1, 0.15) is 32.3 Å². The molecule has 6 heteroatoms. The fourth-order valence-corrected chi connectivity index (χ4v) is 3.86. The number of nitrogens with zero attached hydrogens (tertiary/aromatic N) is 2. The first-order valence-electron chi connectivity index (χ1n) is 9.28. The summed E-state index contributed by atoms with van der Waals surface area (Å²) in [6.45, 7) is 6.64. The van der Waals surface area contributed by atoms with Crippen molar-refractivity contribution in [1.82, 2.24) is 9.80 Å². The van der Waals surface area contributed by atoms with Crippen molar-refractivity contribution in [2.45, 2.75) is 39.2 Å². The number of benzene rings is 1. The molecule has 2 aliphatic rings. The van der Waals surface area contributed by atoms with Crippen LogP contribution in [0.2, 0.25) is 0 Å². The monoisotopic (exact) mass is 362 g/mol. The summed E-state index contributed by atoms with van der Waals surface area (Å²) < 4.78 is 18.6. The van der Waals surface area contributed by atoms with E-state index in [1.54, 1.807) is 12.1 Å². The molecule has 2 saturated heterocycles. The maximum absolute atomic E-state index is 13.0. The molecule has 0 aliphatic carbocycles. The zero-order chi connectivity index (χ0) is 18.7. The van der Waals surface area contributed by atoms with Crippen molar-refractivity contribution < 1.29 is 18.7 Å². The van der Waals surface area contributed by atoms with Gasteiger partial charge < -0.3 is 14.5 Å². The predicted octanol–water partition coefficient (Wildman–Crippen LogP) is 2.24. The van der Waals surface area contributed by atoms with Gasteiger partial charge >= 0.3 is 0 Å². The van der Waals surface area contributed by atoms with E-state index < -0.39 is 0 Å². The zero-order valence-electron chi connectivity index (χ0n) is 15.5. The Labute approximate surface area is 154 Å². The highest BCUT2D eigenvalue weighted by atomic mass is 19.1. The number of ether oxygens (including phenoxy) is 1. The molecule has 3 rings (SSSR count). The molecule has 0 N–H and O–H groups in total. The highest BCUT2D eigenvalue weighted by Crippen LogP contribution is 2.34. The van der Waals surface area contributed by atoms with Crippen molar-refractivity contribution in [3.05, 3.63) is 35.6 Å².